The van der Waals surface area contributed by atoms with Gasteiger partial charge in [-0.2, -0.15) is 5.10 Å². The van der Waals surface area contributed by atoms with E-state index < -0.39 is 12.0 Å². The topological polar surface area (TPSA) is 111 Å². The molecule has 2 aromatic rings. The minimum atomic E-state index is -0.635. The van der Waals surface area contributed by atoms with Crippen molar-refractivity contribution in [3.63, 3.8) is 0 Å². The molecule has 0 spiro atoms. The molecule has 8 nitrogen and oxygen atoms in total. The summed E-state index contributed by atoms with van der Waals surface area (Å²) in [6.45, 7) is 1.93. The van der Waals surface area contributed by atoms with E-state index in [-0.39, 0.29) is 23.2 Å². The van der Waals surface area contributed by atoms with E-state index in [1.807, 2.05) is 11.9 Å². The molecular weight excluding hydrogens is 351 g/mol. The summed E-state index contributed by atoms with van der Waals surface area (Å²) in [5.41, 5.74) is 13.0. The molecule has 2 aliphatic rings. The van der Waals surface area contributed by atoms with Crippen molar-refractivity contribution in [2.45, 2.75) is 31.5 Å². The largest absolute Gasteiger partial charge is 0.480 e. The van der Waals surface area contributed by atoms with E-state index in [2.05, 4.69) is 10.4 Å². The Kier molecular flexibility index (Phi) is 4.39. The average Bonchev–Trinajstić information content (AvgIpc) is 3.24. The molecule has 144 valence electrons. The van der Waals surface area contributed by atoms with Gasteiger partial charge in [0.25, 0.3) is 5.91 Å². The fourth-order valence-corrected chi connectivity index (χ4v) is 3.80. The number of anilines is 2. The second-order valence-electron chi connectivity index (χ2n) is 7.08. The number of carbonyl (C=O) groups excluding carboxylic acids is 1. The van der Waals surface area contributed by atoms with Crippen LogP contribution in [0.2, 0.25) is 0 Å². The van der Waals surface area contributed by atoms with Crippen LogP contribution in [0.5, 0.6) is 5.75 Å². The maximum atomic E-state index is 13.5. The molecule has 9 heteroatoms. The van der Waals surface area contributed by atoms with Gasteiger partial charge in [-0.15, -0.1) is 0 Å². The lowest BCUT2D eigenvalue weighted by molar-refractivity contribution is 0.0995. The van der Waals surface area contributed by atoms with Gasteiger partial charge < -0.3 is 26.4 Å². The van der Waals surface area contributed by atoms with Crippen molar-refractivity contribution in [2.75, 3.05) is 30.8 Å². The first-order chi connectivity index (χ1) is 12.9. The SMILES string of the molecule is CN1CC(c2nn(C[C@@H]3CCCN3)c(N)c2C(N)=O)Oc2ccc(F)cc21. The summed E-state index contributed by atoms with van der Waals surface area (Å²) < 4.78 is 21.2. The Hall–Kier alpha value is -2.81. The molecule has 1 unspecified atom stereocenters. The molecule has 2 aliphatic heterocycles. The van der Waals surface area contributed by atoms with Crippen molar-refractivity contribution < 1.29 is 13.9 Å². The third-order valence-electron chi connectivity index (χ3n) is 5.17. The van der Waals surface area contributed by atoms with Crippen LogP contribution in [0.15, 0.2) is 18.2 Å². The minimum absolute atomic E-state index is 0.192. The van der Waals surface area contributed by atoms with Gasteiger partial charge in [0, 0.05) is 19.2 Å². The second-order valence-corrected chi connectivity index (χ2v) is 7.08. The number of hydrogen-bond donors (Lipinski definition) is 3. The first-order valence-electron chi connectivity index (χ1n) is 9.00. The zero-order valence-corrected chi connectivity index (χ0v) is 15.1. The van der Waals surface area contributed by atoms with E-state index >= 15 is 0 Å². The molecule has 1 saturated heterocycles. The number of hydrogen-bond acceptors (Lipinski definition) is 6. The molecule has 1 aromatic carbocycles. The summed E-state index contributed by atoms with van der Waals surface area (Å²) in [6.07, 6.45) is 1.60. The summed E-state index contributed by atoms with van der Waals surface area (Å²) in [7, 11) is 1.83. The number of fused-ring (bicyclic) bond motifs is 1. The highest BCUT2D eigenvalue weighted by Gasteiger charge is 2.33. The number of rotatable bonds is 4. The Morgan fingerprint density at radius 2 is 2.30 bits per heavy atom. The van der Waals surface area contributed by atoms with Crippen molar-refractivity contribution in [2.24, 2.45) is 5.73 Å². The van der Waals surface area contributed by atoms with Crippen LogP contribution < -0.4 is 26.4 Å². The number of nitrogens with zero attached hydrogens (tertiary/aromatic N) is 3. The maximum absolute atomic E-state index is 13.5. The van der Waals surface area contributed by atoms with Crippen LogP contribution in [0.4, 0.5) is 15.9 Å². The Morgan fingerprint density at radius 1 is 1.48 bits per heavy atom. The number of nitrogens with two attached hydrogens (primary N) is 2. The van der Waals surface area contributed by atoms with Crippen molar-refractivity contribution in [3.8, 4) is 5.75 Å². The molecule has 4 rings (SSSR count). The molecule has 1 fully saturated rings. The van der Waals surface area contributed by atoms with E-state index in [1.54, 1.807) is 10.7 Å². The van der Waals surface area contributed by atoms with Crippen LogP contribution in [0.25, 0.3) is 0 Å². The van der Waals surface area contributed by atoms with Crippen LogP contribution in [-0.2, 0) is 6.54 Å². The number of primary amides is 1. The highest BCUT2D eigenvalue weighted by molar-refractivity contribution is 5.98. The van der Waals surface area contributed by atoms with Crippen molar-refractivity contribution in [1.29, 1.82) is 0 Å². The molecule has 27 heavy (non-hydrogen) atoms. The van der Waals surface area contributed by atoms with Gasteiger partial charge in [-0.1, -0.05) is 0 Å². The van der Waals surface area contributed by atoms with Crippen molar-refractivity contribution in [1.82, 2.24) is 15.1 Å². The summed E-state index contributed by atoms with van der Waals surface area (Å²) in [5.74, 6) is -0.194. The summed E-state index contributed by atoms with van der Waals surface area (Å²) >= 11 is 0. The van der Waals surface area contributed by atoms with E-state index in [9.17, 15) is 9.18 Å². The molecule has 1 aromatic heterocycles. The van der Waals surface area contributed by atoms with E-state index in [0.29, 0.717) is 30.2 Å². The molecule has 3 heterocycles. The number of aromatic nitrogens is 2. The summed E-state index contributed by atoms with van der Waals surface area (Å²) in [5, 5.41) is 7.96. The monoisotopic (exact) mass is 374 g/mol. The number of carbonyl (C=O) groups is 1. The Morgan fingerprint density at radius 3 is 3.00 bits per heavy atom. The molecule has 0 bridgehead atoms. The normalized spacial score (nSPS) is 21.8. The summed E-state index contributed by atoms with van der Waals surface area (Å²) in [4.78, 5) is 13.9. The Bertz CT molecular complexity index is 877. The number of likely N-dealkylation sites (N-methyl/N-ethyl adjacent to an activating group) is 1. The third kappa shape index (κ3) is 3.18. The van der Waals surface area contributed by atoms with E-state index in [1.165, 1.54) is 12.1 Å². The van der Waals surface area contributed by atoms with Gasteiger partial charge >= 0.3 is 0 Å². The Labute approximate surface area is 156 Å². The first-order valence-corrected chi connectivity index (χ1v) is 9.00. The van der Waals surface area contributed by atoms with Crippen LogP contribution >= 0.6 is 0 Å². The van der Waals surface area contributed by atoms with Gasteiger partial charge in [-0.3, -0.25) is 4.79 Å². The van der Waals surface area contributed by atoms with Gasteiger partial charge in [0.1, 0.15) is 28.6 Å². The van der Waals surface area contributed by atoms with Crippen LogP contribution in [0.1, 0.15) is 35.0 Å². The lowest BCUT2D eigenvalue weighted by Crippen LogP contribution is -2.33. The average molecular weight is 374 g/mol. The first kappa shape index (κ1) is 17.6. The third-order valence-corrected chi connectivity index (χ3v) is 5.17. The highest BCUT2D eigenvalue weighted by Crippen LogP contribution is 2.38. The molecular formula is C18H23FN6O2. The van der Waals surface area contributed by atoms with E-state index in [0.717, 1.165) is 19.4 Å². The van der Waals surface area contributed by atoms with E-state index in [4.69, 9.17) is 16.2 Å². The zero-order chi connectivity index (χ0) is 19.1. The molecule has 0 saturated carbocycles. The lowest BCUT2D eigenvalue weighted by atomic mass is 10.1. The zero-order valence-electron chi connectivity index (χ0n) is 15.1. The fourth-order valence-electron chi connectivity index (χ4n) is 3.80. The smallest absolute Gasteiger partial charge is 0.254 e. The quantitative estimate of drug-likeness (QED) is 0.737. The fraction of sp³-hybridized carbons (Fsp3) is 0.444. The number of benzene rings is 1. The summed E-state index contributed by atoms with van der Waals surface area (Å²) in [6, 6.07) is 4.58. The van der Waals surface area contributed by atoms with Crippen molar-refractivity contribution in [3.05, 3.63) is 35.3 Å². The minimum Gasteiger partial charge on any atom is -0.480 e. The maximum Gasteiger partial charge on any atom is 0.254 e. The van der Waals surface area contributed by atoms with Crippen LogP contribution in [0, 0.1) is 5.82 Å². The molecule has 2 atom stereocenters. The predicted molar refractivity (Wildman–Crippen MR) is 99.2 cm³/mol. The lowest BCUT2D eigenvalue weighted by Gasteiger charge is -2.33. The van der Waals surface area contributed by atoms with Gasteiger partial charge in [0.15, 0.2) is 6.10 Å². The number of halogens is 1. The molecule has 5 N–H and O–H groups in total. The van der Waals surface area contributed by atoms with Gasteiger partial charge in [0.2, 0.25) is 0 Å². The van der Waals surface area contributed by atoms with Crippen LogP contribution in [0.3, 0.4) is 0 Å². The number of ether oxygens (including phenoxy) is 1. The van der Waals surface area contributed by atoms with Gasteiger partial charge in [-0.25, -0.2) is 9.07 Å². The molecule has 0 radical (unpaired) electrons. The van der Waals surface area contributed by atoms with Gasteiger partial charge in [0.05, 0.1) is 18.8 Å². The number of amides is 1. The second kappa shape index (κ2) is 6.73. The highest BCUT2D eigenvalue weighted by atomic mass is 19.1. The van der Waals surface area contributed by atoms with Crippen molar-refractivity contribution >= 4 is 17.4 Å². The Balaban J connectivity index is 1.68. The standard InChI is InChI=1S/C18H23FN6O2/c1-24-9-14(27-13-5-4-10(19)7-12(13)24)16-15(18(21)26)17(20)25(23-16)8-11-3-2-6-22-11/h4-5,7,11,14,22H,2-3,6,8-9,20H2,1H3,(H2,21,26)/t11-,14?/m0/s1. The number of nitrogens with one attached hydrogen (secondary N) is 1. The predicted octanol–water partition coefficient (Wildman–Crippen LogP) is 1.03. The van der Waals surface area contributed by atoms with Gasteiger partial charge in [-0.05, 0) is 31.5 Å². The molecule has 1 amide bonds. The number of nitrogen functional groups attached to an aromatic ring is 1. The molecule has 0 aliphatic carbocycles. The van der Waals surface area contributed by atoms with Crippen LogP contribution in [-0.4, -0.2) is 41.9 Å².